The van der Waals surface area contributed by atoms with Gasteiger partial charge >= 0.3 is 0 Å². The van der Waals surface area contributed by atoms with Crippen LogP contribution in [-0.2, 0) is 0 Å². The van der Waals surface area contributed by atoms with E-state index < -0.39 is 0 Å². The van der Waals surface area contributed by atoms with Gasteiger partial charge in [0.2, 0.25) is 0 Å². The summed E-state index contributed by atoms with van der Waals surface area (Å²) in [5.41, 5.74) is 3.29. The maximum absolute atomic E-state index is 13.3. The zero-order valence-corrected chi connectivity index (χ0v) is 15.3. The van der Waals surface area contributed by atoms with E-state index in [2.05, 4.69) is 5.32 Å². The van der Waals surface area contributed by atoms with Crippen LogP contribution < -0.4 is 10.1 Å². The average molecular weight is 370 g/mol. The van der Waals surface area contributed by atoms with Crippen LogP contribution in [0, 0.1) is 5.82 Å². The smallest absolute Gasteiger partial charge is 0.123 e. The SMILES string of the molecule is COc1ccc(NCC[C@@H](c2ccc(F)cc2)c2ccc(Cl)cc2)cc1. The minimum Gasteiger partial charge on any atom is -0.497 e. The van der Waals surface area contributed by atoms with Gasteiger partial charge in [0.05, 0.1) is 7.11 Å². The van der Waals surface area contributed by atoms with Crippen molar-refractivity contribution in [2.75, 3.05) is 19.0 Å². The normalized spacial score (nSPS) is 11.8. The molecule has 0 saturated carbocycles. The van der Waals surface area contributed by atoms with Crippen molar-refractivity contribution in [3.8, 4) is 5.75 Å². The first-order valence-electron chi connectivity index (χ1n) is 8.54. The van der Waals surface area contributed by atoms with Gasteiger partial charge in [-0.25, -0.2) is 4.39 Å². The number of ether oxygens (including phenoxy) is 1. The van der Waals surface area contributed by atoms with Gasteiger partial charge in [-0.15, -0.1) is 0 Å². The third-order valence-electron chi connectivity index (χ3n) is 4.40. The van der Waals surface area contributed by atoms with E-state index in [1.165, 1.54) is 12.1 Å². The topological polar surface area (TPSA) is 21.3 Å². The maximum atomic E-state index is 13.3. The average Bonchev–Trinajstić information content (AvgIpc) is 2.68. The molecule has 0 amide bonds. The van der Waals surface area contributed by atoms with Gasteiger partial charge in [0.25, 0.3) is 0 Å². The molecule has 134 valence electrons. The second kappa shape index (κ2) is 8.72. The number of hydrogen-bond acceptors (Lipinski definition) is 2. The maximum Gasteiger partial charge on any atom is 0.123 e. The number of anilines is 1. The van der Waals surface area contributed by atoms with Crippen LogP contribution in [0.1, 0.15) is 23.5 Å². The largest absolute Gasteiger partial charge is 0.497 e. The second-order valence-corrected chi connectivity index (χ2v) is 6.54. The molecule has 3 aromatic rings. The lowest BCUT2D eigenvalue weighted by molar-refractivity contribution is 0.415. The number of benzene rings is 3. The van der Waals surface area contributed by atoms with E-state index in [4.69, 9.17) is 16.3 Å². The first kappa shape index (κ1) is 18.3. The van der Waals surface area contributed by atoms with E-state index in [0.29, 0.717) is 5.02 Å². The molecule has 0 aliphatic rings. The van der Waals surface area contributed by atoms with Crippen molar-refractivity contribution in [2.45, 2.75) is 12.3 Å². The van der Waals surface area contributed by atoms with Gasteiger partial charge in [0.15, 0.2) is 0 Å². The van der Waals surface area contributed by atoms with Crippen LogP contribution in [0.4, 0.5) is 10.1 Å². The van der Waals surface area contributed by atoms with Gasteiger partial charge < -0.3 is 10.1 Å². The van der Waals surface area contributed by atoms with Gasteiger partial charge in [0, 0.05) is 23.2 Å². The predicted octanol–water partition coefficient (Wildman–Crippen LogP) is 6.12. The van der Waals surface area contributed by atoms with Crippen molar-refractivity contribution in [1.29, 1.82) is 0 Å². The van der Waals surface area contributed by atoms with E-state index >= 15 is 0 Å². The summed E-state index contributed by atoms with van der Waals surface area (Å²) in [5.74, 6) is 0.777. The molecule has 0 saturated heterocycles. The van der Waals surface area contributed by atoms with Crippen molar-refractivity contribution in [2.24, 2.45) is 0 Å². The van der Waals surface area contributed by atoms with E-state index in [9.17, 15) is 4.39 Å². The minimum absolute atomic E-state index is 0.165. The molecule has 0 spiro atoms. The third kappa shape index (κ3) is 4.77. The predicted molar refractivity (Wildman–Crippen MR) is 106 cm³/mol. The molecule has 4 heteroatoms. The summed E-state index contributed by atoms with van der Waals surface area (Å²) in [7, 11) is 1.65. The van der Waals surface area contributed by atoms with Gasteiger partial charge in [-0.1, -0.05) is 35.9 Å². The number of nitrogens with one attached hydrogen (secondary N) is 1. The van der Waals surface area contributed by atoms with Crippen LogP contribution in [0.25, 0.3) is 0 Å². The van der Waals surface area contributed by atoms with Gasteiger partial charge in [0.1, 0.15) is 11.6 Å². The molecule has 0 unspecified atom stereocenters. The fraction of sp³-hybridized carbons (Fsp3) is 0.182. The number of hydrogen-bond donors (Lipinski definition) is 1. The Morgan fingerprint density at radius 1 is 0.885 bits per heavy atom. The molecule has 1 atom stereocenters. The number of rotatable bonds is 7. The van der Waals surface area contributed by atoms with Crippen LogP contribution in [-0.4, -0.2) is 13.7 Å². The molecule has 1 N–H and O–H groups in total. The summed E-state index contributed by atoms with van der Waals surface area (Å²) in [5, 5.41) is 4.14. The highest BCUT2D eigenvalue weighted by atomic mass is 35.5. The molecule has 3 rings (SSSR count). The first-order chi connectivity index (χ1) is 12.7. The monoisotopic (exact) mass is 369 g/mol. The molecule has 0 aliphatic heterocycles. The molecule has 3 aromatic carbocycles. The molecule has 2 nitrogen and oxygen atoms in total. The first-order valence-corrected chi connectivity index (χ1v) is 8.92. The molecule has 0 heterocycles. The molecular formula is C22H21ClFNO. The molecule has 26 heavy (non-hydrogen) atoms. The summed E-state index contributed by atoms with van der Waals surface area (Å²) < 4.78 is 18.5. The van der Waals surface area contributed by atoms with E-state index in [-0.39, 0.29) is 11.7 Å². The minimum atomic E-state index is -0.222. The fourth-order valence-electron chi connectivity index (χ4n) is 2.99. The lowest BCUT2D eigenvalue weighted by Crippen LogP contribution is -2.09. The quantitative estimate of drug-likeness (QED) is 0.541. The Balaban J connectivity index is 1.72. The third-order valence-corrected chi connectivity index (χ3v) is 4.65. The summed E-state index contributed by atoms with van der Waals surface area (Å²) in [4.78, 5) is 0. The number of halogens is 2. The van der Waals surface area contributed by atoms with Crippen LogP contribution in [0.2, 0.25) is 5.02 Å². The molecule has 0 radical (unpaired) electrons. The standard InChI is InChI=1S/C22H21ClFNO/c1-26-21-12-10-20(11-13-21)25-15-14-22(16-2-6-18(23)7-3-16)17-4-8-19(24)9-5-17/h2-13,22,25H,14-15H2,1H3/t22-/m1/s1. The molecule has 0 bridgehead atoms. The highest BCUT2D eigenvalue weighted by Crippen LogP contribution is 2.29. The van der Waals surface area contributed by atoms with E-state index in [1.54, 1.807) is 7.11 Å². The van der Waals surface area contributed by atoms with Gasteiger partial charge in [-0.05, 0) is 66.1 Å². The summed E-state index contributed by atoms with van der Waals surface area (Å²) in [6, 6.07) is 22.4. The summed E-state index contributed by atoms with van der Waals surface area (Å²) >= 11 is 6.02. The van der Waals surface area contributed by atoms with Crippen molar-refractivity contribution in [1.82, 2.24) is 0 Å². The lowest BCUT2D eigenvalue weighted by atomic mass is 9.88. The lowest BCUT2D eigenvalue weighted by Gasteiger charge is -2.19. The van der Waals surface area contributed by atoms with Crippen LogP contribution >= 0.6 is 11.6 Å². The van der Waals surface area contributed by atoms with Crippen LogP contribution in [0.3, 0.4) is 0 Å². The van der Waals surface area contributed by atoms with Crippen molar-refractivity contribution < 1.29 is 9.13 Å². The Hall–Kier alpha value is -2.52. The van der Waals surface area contributed by atoms with Crippen molar-refractivity contribution in [3.05, 3.63) is 94.8 Å². The Morgan fingerprint density at radius 3 is 2.04 bits per heavy atom. The van der Waals surface area contributed by atoms with E-state index in [0.717, 1.165) is 35.5 Å². The van der Waals surface area contributed by atoms with Crippen molar-refractivity contribution >= 4 is 17.3 Å². The fourth-order valence-corrected chi connectivity index (χ4v) is 3.11. The van der Waals surface area contributed by atoms with Gasteiger partial charge in [-0.2, -0.15) is 0 Å². The van der Waals surface area contributed by atoms with E-state index in [1.807, 2.05) is 60.7 Å². The molecule has 0 aromatic heterocycles. The summed E-state index contributed by atoms with van der Waals surface area (Å²) in [6.45, 7) is 0.789. The highest BCUT2D eigenvalue weighted by Gasteiger charge is 2.14. The Morgan fingerprint density at radius 2 is 1.46 bits per heavy atom. The second-order valence-electron chi connectivity index (χ2n) is 6.10. The van der Waals surface area contributed by atoms with Crippen molar-refractivity contribution in [3.63, 3.8) is 0 Å². The molecular weight excluding hydrogens is 349 g/mol. The Labute approximate surface area is 158 Å². The molecule has 0 fully saturated rings. The Kier molecular flexibility index (Phi) is 6.13. The van der Waals surface area contributed by atoms with Gasteiger partial charge in [-0.3, -0.25) is 0 Å². The zero-order chi connectivity index (χ0) is 18.4. The van der Waals surface area contributed by atoms with Crippen LogP contribution in [0.15, 0.2) is 72.8 Å². The zero-order valence-electron chi connectivity index (χ0n) is 14.6. The Bertz CT molecular complexity index is 771. The summed E-state index contributed by atoms with van der Waals surface area (Å²) in [6.07, 6.45) is 0.874. The number of methoxy groups -OCH3 is 1. The van der Waals surface area contributed by atoms with Crippen LogP contribution in [0.5, 0.6) is 5.75 Å². The highest BCUT2D eigenvalue weighted by molar-refractivity contribution is 6.30. The molecule has 0 aliphatic carbocycles.